The standard InChI is InChI=1S/C17H23N5O3S/c1-12-4-5-13(2)26(24,25)22(12)10-14-6-8-15(9-7-14)16(23)20-17-18-11-19-21(17)3/h6-9,11-13H,4-5,10H2,1-3H3,(H,18,19,20,23)/t12-,13?/m0/s1. The van der Waals surface area contributed by atoms with Crippen LogP contribution in [0.1, 0.15) is 42.6 Å². The topological polar surface area (TPSA) is 97.2 Å². The molecule has 26 heavy (non-hydrogen) atoms. The van der Waals surface area contributed by atoms with E-state index < -0.39 is 10.0 Å². The van der Waals surface area contributed by atoms with Gasteiger partial charge in [-0.05, 0) is 44.4 Å². The van der Waals surface area contributed by atoms with E-state index in [2.05, 4.69) is 15.4 Å². The number of carbonyl (C=O) groups excluding carboxylic acids is 1. The van der Waals surface area contributed by atoms with Gasteiger partial charge < -0.3 is 0 Å². The Balaban J connectivity index is 1.71. The molecule has 0 aliphatic carbocycles. The Labute approximate surface area is 153 Å². The average Bonchev–Trinajstić information content (AvgIpc) is 3.01. The van der Waals surface area contributed by atoms with Gasteiger partial charge in [0.1, 0.15) is 6.33 Å². The number of aromatic nitrogens is 3. The number of rotatable bonds is 4. The quantitative estimate of drug-likeness (QED) is 0.876. The first-order valence-electron chi connectivity index (χ1n) is 8.54. The third-order valence-corrected chi connectivity index (χ3v) is 7.20. The number of nitrogens with one attached hydrogen (secondary N) is 1. The maximum atomic E-state index is 12.6. The van der Waals surface area contributed by atoms with Crippen LogP contribution < -0.4 is 5.32 Å². The number of nitrogens with zero attached hydrogens (tertiary/aromatic N) is 4. The highest BCUT2D eigenvalue weighted by atomic mass is 32.2. The highest BCUT2D eigenvalue weighted by Crippen LogP contribution is 2.27. The van der Waals surface area contributed by atoms with E-state index in [1.54, 1.807) is 42.5 Å². The van der Waals surface area contributed by atoms with Gasteiger partial charge in [0.2, 0.25) is 16.0 Å². The minimum absolute atomic E-state index is 0.0184. The molecular formula is C17H23N5O3S. The molecule has 1 fully saturated rings. The van der Waals surface area contributed by atoms with Gasteiger partial charge in [0.25, 0.3) is 5.91 Å². The van der Waals surface area contributed by atoms with Crippen LogP contribution in [0.5, 0.6) is 0 Å². The van der Waals surface area contributed by atoms with Gasteiger partial charge in [-0.3, -0.25) is 10.1 Å². The first-order valence-corrected chi connectivity index (χ1v) is 10.0. The predicted octanol–water partition coefficient (Wildman–Crippen LogP) is 1.77. The van der Waals surface area contributed by atoms with Crippen molar-refractivity contribution in [2.45, 2.75) is 44.5 Å². The summed E-state index contributed by atoms with van der Waals surface area (Å²) in [5.41, 5.74) is 1.32. The maximum absolute atomic E-state index is 12.6. The molecule has 0 radical (unpaired) electrons. The van der Waals surface area contributed by atoms with Gasteiger partial charge >= 0.3 is 0 Å². The summed E-state index contributed by atoms with van der Waals surface area (Å²) < 4.78 is 28.2. The van der Waals surface area contributed by atoms with Crippen molar-refractivity contribution in [3.8, 4) is 0 Å². The van der Waals surface area contributed by atoms with Crippen LogP contribution >= 0.6 is 0 Å². The monoisotopic (exact) mass is 377 g/mol. The molecule has 1 aromatic carbocycles. The van der Waals surface area contributed by atoms with Crippen LogP contribution in [0.15, 0.2) is 30.6 Å². The van der Waals surface area contributed by atoms with E-state index in [0.29, 0.717) is 24.5 Å². The molecule has 8 nitrogen and oxygen atoms in total. The van der Waals surface area contributed by atoms with E-state index in [4.69, 9.17) is 0 Å². The molecule has 3 rings (SSSR count). The van der Waals surface area contributed by atoms with Crippen LogP contribution in [-0.2, 0) is 23.6 Å². The Morgan fingerprint density at radius 2 is 1.92 bits per heavy atom. The summed E-state index contributed by atoms with van der Waals surface area (Å²) in [4.78, 5) is 16.2. The van der Waals surface area contributed by atoms with E-state index >= 15 is 0 Å². The fraction of sp³-hybridized carbons (Fsp3) is 0.471. The molecule has 140 valence electrons. The zero-order chi connectivity index (χ0) is 18.9. The van der Waals surface area contributed by atoms with E-state index in [0.717, 1.165) is 12.0 Å². The van der Waals surface area contributed by atoms with Crippen molar-refractivity contribution in [1.82, 2.24) is 19.1 Å². The molecule has 1 amide bonds. The molecule has 1 aliphatic heterocycles. The average molecular weight is 377 g/mol. The molecule has 2 heterocycles. The third kappa shape index (κ3) is 3.63. The first-order chi connectivity index (χ1) is 12.3. The van der Waals surface area contributed by atoms with Gasteiger partial charge in [0, 0.05) is 25.2 Å². The Bertz CT molecular complexity index is 891. The fourth-order valence-corrected chi connectivity index (χ4v) is 4.85. The molecule has 0 spiro atoms. The summed E-state index contributed by atoms with van der Waals surface area (Å²) in [5, 5.41) is 6.22. The molecule has 1 aromatic heterocycles. The van der Waals surface area contributed by atoms with Gasteiger partial charge in [-0.15, -0.1) is 0 Å². The molecule has 2 atom stereocenters. The second-order valence-electron chi connectivity index (χ2n) is 6.69. The Hall–Kier alpha value is -2.26. The largest absolute Gasteiger partial charge is 0.291 e. The SMILES string of the molecule is CC1CC[C@H](C)N(Cc2ccc(C(=O)Nc3ncnn3C)cc2)S1(=O)=O. The highest BCUT2D eigenvalue weighted by molar-refractivity contribution is 7.89. The van der Waals surface area contributed by atoms with Crippen LogP contribution in [0.25, 0.3) is 0 Å². The molecule has 2 aromatic rings. The number of anilines is 1. The van der Waals surface area contributed by atoms with Crippen molar-refractivity contribution in [1.29, 1.82) is 0 Å². The lowest BCUT2D eigenvalue weighted by Crippen LogP contribution is -2.47. The van der Waals surface area contributed by atoms with Crippen molar-refractivity contribution in [2.75, 3.05) is 5.32 Å². The van der Waals surface area contributed by atoms with Crippen LogP contribution in [0.3, 0.4) is 0 Å². The Morgan fingerprint density at radius 1 is 1.23 bits per heavy atom. The Morgan fingerprint density at radius 3 is 2.54 bits per heavy atom. The zero-order valence-corrected chi connectivity index (χ0v) is 15.9. The molecule has 9 heteroatoms. The third-order valence-electron chi connectivity index (χ3n) is 4.81. The number of benzene rings is 1. The van der Waals surface area contributed by atoms with Crippen LogP contribution in [0.4, 0.5) is 5.95 Å². The van der Waals surface area contributed by atoms with Crippen molar-refractivity contribution < 1.29 is 13.2 Å². The molecule has 1 saturated heterocycles. The second-order valence-corrected chi connectivity index (χ2v) is 8.99. The highest BCUT2D eigenvalue weighted by Gasteiger charge is 2.36. The van der Waals surface area contributed by atoms with E-state index in [9.17, 15) is 13.2 Å². The predicted molar refractivity (Wildman–Crippen MR) is 98.0 cm³/mol. The molecule has 1 unspecified atom stereocenters. The van der Waals surface area contributed by atoms with Gasteiger partial charge in [0.15, 0.2) is 0 Å². The lowest BCUT2D eigenvalue weighted by molar-refractivity contribution is 0.102. The van der Waals surface area contributed by atoms with Gasteiger partial charge in [-0.1, -0.05) is 12.1 Å². The maximum Gasteiger partial charge on any atom is 0.258 e. The van der Waals surface area contributed by atoms with Crippen molar-refractivity contribution >= 4 is 21.9 Å². The van der Waals surface area contributed by atoms with Crippen LogP contribution in [0.2, 0.25) is 0 Å². The lowest BCUT2D eigenvalue weighted by atomic mass is 10.1. The first kappa shape index (κ1) is 18.5. The minimum Gasteiger partial charge on any atom is -0.291 e. The number of amides is 1. The zero-order valence-electron chi connectivity index (χ0n) is 15.1. The Kier molecular flexibility index (Phi) is 5.10. The van der Waals surface area contributed by atoms with Gasteiger partial charge in [-0.25, -0.2) is 13.1 Å². The number of carbonyl (C=O) groups is 1. The number of aryl methyl sites for hydroxylation is 1. The summed E-state index contributed by atoms with van der Waals surface area (Å²) in [6.07, 6.45) is 2.92. The molecule has 0 bridgehead atoms. The van der Waals surface area contributed by atoms with Crippen molar-refractivity contribution in [3.63, 3.8) is 0 Å². The molecule has 1 N–H and O–H groups in total. The minimum atomic E-state index is -3.28. The molecule has 0 saturated carbocycles. The van der Waals surface area contributed by atoms with Crippen molar-refractivity contribution in [3.05, 3.63) is 41.7 Å². The fourth-order valence-electron chi connectivity index (χ4n) is 3.02. The van der Waals surface area contributed by atoms with E-state index in [1.807, 2.05) is 6.92 Å². The molecule has 1 aliphatic rings. The summed E-state index contributed by atoms with van der Waals surface area (Å²) in [6, 6.07) is 6.92. The smallest absolute Gasteiger partial charge is 0.258 e. The second kappa shape index (κ2) is 7.16. The van der Waals surface area contributed by atoms with Gasteiger partial charge in [-0.2, -0.15) is 14.4 Å². The number of sulfonamides is 1. The van der Waals surface area contributed by atoms with Crippen molar-refractivity contribution in [2.24, 2.45) is 7.05 Å². The van der Waals surface area contributed by atoms with Crippen LogP contribution in [-0.4, -0.2) is 44.7 Å². The summed E-state index contributed by atoms with van der Waals surface area (Å²) >= 11 is 0. The summed E-state index contributed by atoms with van der Waals surface area (Å²) in [6.45, 7) is 4.01. The number of hydrogen-bond donors (Lipinski definition) is 1. The van der Waals surface area contributed by atoms with E-state index in [1.165, 1.54) is 11.0 Å². The van der Waals surface area contributed by atoms with E-state index in [-0.39, 0.29) is 17.2 Å². The lowest BCUT2D eigenvalue weighted by Gasteiger charge is -2.36. The summed E-state index contributed by atoms with van der Waals surface area (Å²) in [7, 11) is -1.59. The van der Waals surface area contributed by atoms with Crippen LogP contribution in [0, 0.1) is 0 Å². The molecular weight excluding hydrogens is 354 g/mol. The summed E-state index contributed by atoms with van der Waals surface area (Å²) in [5.74, 6) is 0.0709. The van der Waals surface area contributed by atoms with Gasteiger partial charge in [0.05, 0.1) is 5.25 Å². The number of hydrogen-bond acceptors (Lipinski definition) is 5. The normalized spacial score (nSPS) is 22.9.